The van der Waals surface area contributed by atoms with Crippen LogP contribution in [0.2, 0.25) is 0 Å². The van der Waals surface area contributed by atoms with Crippen LogP contribution in [-0.2, 0) is 35.0 Å². The molecule has 3 fully saturated rings. The van der Waals surface area contributed by atoms with E-state index in [1.807, 2.05) is 52.0 Å². The normalized spacial score (nSPS) is 37.3. The minimum Gasteiger partial charge on any atom is -0.374 e. The fourth-order valence-electron chi connectivity index (χ4n) is 3.70. The van der Waals surface area contributed by atoms with Crippen LogP contribution in [0.15, 0.2) is 28.7 Å². The van der Waals surface area contributed by atoms with E-state index in [2.05, 4.69) is 15.9 Å². The third kappa shape index (κ3) is 3.85. The number of ether oxygens (including phenoxy) is 6. The molecule has 144 valence electrons. The minimum atomic E-state index is -0.705. The molecule has 5 atom stereocenters. The van der Waals surface area contributed by atoms with Gasteiger partial charge in [-0.25, -0.2) is 0 Å². The number of hydrogen-bond donors (Lipinski definition) is 0. The van der Waals surface area contributed by atoms with Crippen molar-refractivity contribution in [2.45, 2.75) is 76.6 Å². The summed E-state index contributed by atoms with van der Waals surface area (Å²) >= 11 is 3.44. The van der Waals surface area contributed by atoms with Crippen molar-refractivity contribution >= 4 is 15.9 Å². The summed E-state index contributed by atoms with van der Waals surface area (Å²) in [6.45, 7) is 8.46. The lowest BCUT2D eigenvalue weighted by atomic mass is 9.99. The zero-order chi connectivity index (χ0) is 18.5. The van der Waals surface area contributed by atoms with Gasteiger partial charge < -0.3 is 28.4 Å². The van der Waals surface area contributed by atoms with Gasteiger partial charge in [-0.15, -0.1) is 0 Å². The summed E-state index contributed by atoms with van der Waals surface area (Å²) < 4.78 is 37.2. The highest BCUT2D eigenvalue weighted by Crippen LogP contribution is 2.44. The van der Waals surface area contributed by atoms with Gasteiger partial charge in [-0.2, -0.15) is 0 Å². The van der Waals surface area contributed by atoms with Crippen LogP contribution in [0.4, 0.5) is 0 Å². The predicted molar refractivity (Wildman–Crippen MR) is 96.3 cm³/mol. The molecule has 0 aliphatic carbocycles. The number of rotatable bonds is 4. The van der Waals surface area contributed by atoms with Gasteiger partial charge in [-0.1, -0.05) is 28.1 Å². The Hall–Kier alpha value is -0.540. The molecular weight excluding hydrogens is 404 g/mol. The quantitative estimate of drug-likeness (QED) is 0.732. The van der Waals surface area contributed by atoms with E-state index in [1.165, 1.54) is 0 Å². The lowest BCUT2D eigenvalue weighted by Gasteiger charge is -2.37. The molecule has 26 heavy (non-hydrogen) atoms. The Kier molecular flexibility index (Phi) is 4.93. The molecule has 3 aliphatic heterocycles. The van der Waals surface area contributed by atoms with E-state index in [0.29, 0.717) is 13.2 Å². The van der Waals surface area contributed by atoms with Gasteiger partial charge in [-0.3, -0.25) is 0 Å². The van der Waals surface area contributed by atoms with Crippen molar-refractivity contribution in [2.24, 2.45) is 0 Å². The number of halogens is 1. The summed E-state index contributed by atoms with van der Waals surface area (Å²) in [5, 5.41) is 0. The second-order valence-corrected chi connectivity index (χ2v) is 8.77. The molecule has 3 saturated heterocycles. The molecule has 6 nitrogen and oxygen atoms in total. The van der Waals surface area contributed by atoms with Crippen LogP contribution in [0.25, 0.3) is 0 Å². The summed E-state index contributed by atoms with van der Waals surface area (Å²) in [6.07, 6.45) is -1.57. The Balaban J connectivity index is 1.43. The molecule has 1 aromatic rings. The highest BCUT2D eigenvalue weighted by molar-refractivity contribution is 9.10. The van der Waals surface area contributed by atoms with Crippen molar-refractivity contribution < 1.29 is 28.4 Å². The van der Waals surface area contributed by atoms with E-state index >= 15 is 0 Å². The van der Waals surface area contributed by atoms with Crippen LogP contribution in [0.5, 0.6) is 0 Å². The highest BCUT2D eigenvalue weighted by atomic mass is 79.9. The SMILES string of the molecule is CC1(C)OC2[C@@H](OC(COCc3ccc(Br)cc3)[C@@H]3OC(C)(C)O[C@H]23)O1. The predicted octanol–water partition coefficient (Wildman–Crippen LogP) is 3.36. The molecule has 0 radical (unpaired) electrons. The van der Waals surface area contributed by atoms with E-state index < -0.39 is 17.9 Å². The molecule has 3 heterocycles. The van der Waals surface area contributed by atoms with Gasteiger partial charge >= 0.3 is 0 Å². The second-order valence-electron chi connectivity index (χ2n) is 7.85. The highest BCUT2D eigenvalue weighted by Gasteiger charge is 2.60. The van der Waals surface area contributed by atoms with Crippen LogP contribution in [-0.4, -0.2) is 48.9 Å². The van der Waals surface area contributed by atoms with Gasteiger partial charge in [0.15, 0.2) is 17.9 Å². The van der Waals surface area contributed by atoms with Crippen molar-refractivity contribution in [1.82, 2.24) is 0 Å². The second kappa shape index (κ2) is 6.81. The first kappa shape index (κ1) is 18.8. The zero-order valence-corrected chi connectivity index (χ0v) is 17.0. The molecule has 0 saturated carbocycles. The van der Waals surface area contributed by atoms with Crippen molar-refractivity contribution in [3.63, 3.8) is 0 Å². The van der Waals surface area contributed by atoms with Crippen LogP contribution in [0.3, 0.4) is 0 Å². The van der Waals surface area contributed by atoms with Gasteiger partial charge in [0.05, 0.1) is 13.2 Å². The van der Waals surface area contributed by atoms with Gasteiger partial charge in [0.2, 0.25) is 0 Å². The first-order valence-corrected chi connectivity index (χ1v) is 9.71. The molecule has 0 spiro atoms. The Morgan fingerprint density at radius 1 is 0.885 bits per heavy atom. The van der Waals surface area contributed by atoms with Gasteiger partial charge in [0, 0.05) is 4.47 Å². The third-order valence-corrected chi connectivity index (χ3v) is 5.24. The van der Waals surface area contributed by atoms with E-state index in [1.54, 1.807) is 0 Å². The average molecular weight is 429 g/mol. The first-order chi connectivity index (χ1) is 12.2. The van der Waals surface area contributed by atoms with Crippen molar-refractivity contribution in [1.29, 1.82) is 0 Å². The summed E-state index contributed by atoms with van der Waals surface area (Å²) in [6, 6.07) is 8.05. The number of hydrogen-bond acceptors (Lipinski definition) is 6. The zero-order valence-electron chi connectivity index (χ0n) is 15.4. The molecule has 3 aliphatic rings. The lowest BCUT2D eigenvalue weighted by molar-refractivity contribution is -0.243. The number of fused-ring (bicyclic) bond motifs is 3. The molecule has 4 rings (SSSR count). The third-order valence-electron chi connectivity index (χ3n) is 4.71. The summed E-state index contributed by atoms with van der Waals surface area (Å²) in [5.41, 5.74) is 1.10. The molecule has 0 aromatic heterocycles. The summed E-state index contributed by atoms with van der Waals surface area (Å²) in [7, 11) is 0. The fraction of sp³-hybridized carbons (Fsp3) is 0.684. The Labute approximate surface area is 162 Å². The van der Waals surface area contributed by atoms with E-state index in [0.717, 1.165) is 10.0 Å². The maximum absolute atomic E-state index is 6.13. The van der Waals surface area contributed by atoms with Crippen LogP contribution < -0.4 is 0 Å². The maximum Gasteiger partial charge on any atom is 0.190 e. The monoisotopic (exact) mass is 428 g/mol. The van der Waals surface area contributed by atoms with E-state index in [-0.39, 0.29) is 24.4 Å². The smallest absolute Gasteiger partial charge is 0.190 e. The fourth-order valence-corrected chi connectivity index (χ4v) is 3.97. The lowest BCUT2D eigenvalue weighted by Crippen LogP contribution is -2.56. The largest absolute Gasteiger partial charge is 0.374 e. The average Bonchev–Trinajstić information content (AvgIpc) is 3.03. The van der Waals surface area contributed by atoms with Gasteiger partial charge in [-0.05, 0) is 45.4 Å². The number of benzene rings is 1. The van der Waals surface area contributed by atoms with Crippen LogP contribution in [0, 0.1) is 0 Å². The standard InChI is InChI=1S/C19H25BrO6/c1-18(2)23-14-13(10-21-9-11-5-7-12(20)8-6-11)22-17-16(15(14)24-18)25-19(3,4)26-17/h5-8,13-17H,9-10H2,1-4H3/t13?,14-,15-,16?,17-/m0/s1. The molecule has 0 amide bonds. The van der Waals surface area contributed by atoms with Gasteiger partial charge in [0.1, 0.15) is 24.4 Å². The topological polar surface area (TPSA) is 55.4 Å². The Morgan fingerprint density at radius 2 is 1.50 bits per heavy atom. The van der Waals surface area contributed by atoms with Gasteiger partial charge in [0.25, 0.3) is 0 Å². The van der Waals surface area contributed by atoms with E-state index in [9.17, 15) is 0 Å². The Bertz CT molecular complexity index is 646. The molecular formula is C19H25BrO6. The minimum absolute atomic E-state index is 0.244. The van der Waals surface area contributed by atoms with Crippen LogP contribution >= 0.6 is 15.9 Å². The molecule has 1 aromatic carbocycles. The van der Waals surface area contributed by atoms with Crippen molar-refractivity contribution in [3.05, 3.63) is 34.3 Å². The molecule has 0 bridgehead atoms. The van der Waals surface area contributed by atoms with Crippen molar-refractivity contribution in [3.8, 4) is 0 Å². The Morgan fingerprint density at radius 3 is 2.23 bits per heavy atom. The van der Waals surface area contributed by atoms with E-state index in [4.69, 9.17) is 28.4 Å². The maximum atomic E-state index is 6.13. The summed E-state index contributed by atoms with van der Waals surface area (Å²) in [4.78, 5) is 0. The first-order valence-electron chi connectivity index (χ1n) is 8.91. The molecule has 7 heteroatoms. The van der Waals surface area contributed by atoms with Crippen molar-refractivity contribution in [2.75, 3.05) is 6.61 Å². The molecule has 0 N–H and O–H groups in total. The summed E-state index contributed by atoms with van der Waals surface area (Å²) in [5.74, 6) is -1.39. The van der Waals surface area contributed by atoms with Crippen LogP contribution in [0.1, 0.15) is 33.3 Å². The molecule has 2 unspecified atom stereocenters.